The van der Waals surface area contributed by atoms with Gasteiger partial charge in [0.1, 0.15) is 5.75 Å². The zero-order chi connectivity index (χ0) is 18.6. The predicted molar refractivity (Wildman–Crippen MR) is 97.7 cm³/mol. The van der Waals surface area contributed by atoms with Crippen LogP contribution in [0.2, 0.25) is 0 Å². The molecule has 0 radical (unpaired) electrons. The Morgan fingerprint density at radius 3 is 2.48 bits per heavy atom. The summed E-state index contributed by atoms with van der Waals surface area (Å²) >= 11 is 0. The second kappa shape index (κ2) is 8.16. The highest BCUT2D eigenvalue weighted by Crippen LogP contribution is 2.23. The molecule has 1 aliphatic heterocycles. The van der Waals surface area contributed by atoms with Gasteiger partial charge in [0.2, 0.25) is 5.91 Å². The van der Waals surface area contributed by atoms with Crippen LogP contribution in [0.3, 0.4) is 0 Å². The Bertz CT molecular complexity index is 686. The quantitative estimate of drug-likeness (QED) is 0.831. The maximum atomic E-state index is 12.5. The van der Waals surface area contributed by atoms with Gasteiger partial charge in [-0.2, -0.15) is 17.0 Å². The van der Waals surface area contributed by atoms with Gasteiger partial charge in [-0.15, -0.1) is 0 Å². The van der Waals surface area contributed by atoms with Crippen LogP contribution in [0.1, 0.15) is 26.7 Å². The van der Waals surface area contributed by atoms with Crippen LogP contribution in [0.4, 0.5) is 5.69 Å². The Hall–Kier alpha value is -1.64. The van der Waals surface area contributed by atoms with Crippen LogP contribution < -0.4 is 10.1 Å². The van der Waals surface area contributed by atoms with E-state index in [0.717, 1.165) is 5.75 Å². The number of amides is 1. The van der Waals surface area contributed by atoms with Gasteiger partial charge >= 0.3 is 0 Å². The number of hydrogen-bond donors (Lipinski definition) is 1. The number of rotatable bonds is 6. The molecule has 1 N–H and O–H groups in total. The van der Waals surface area contributed by atoms with Crippen LogP contribution >= 0.6 is 0 Å². The molecule has 140 valence electrons. The molecule has 0 spiro atoms. The lowest BCUT2D eigenvalue weighted by molar-refractivity contribution is -0.120. The lowest BCUT2D eigenvalue weighted by Crippen LogP contribution is -2.47. The summed E-state index contributed by atoms with van der Waals surface area (Å²) in [7, 11) is -0.487. The van der Waals surface area contributed by atoms with E-state index in [4.69, 9.17) is 4.74 Å². The molecule has 25 heavy (non-hydrogen) atoms. The molecule has 1 aliphatic rings. The number of piperidine rings is 1. The summed E-state index contributed by atoms with van der Waals surface area (Å²) in [5, 5.41) is 2.86. The third kappa shape index (κ3) is 5.17. The number of anilines is 1. The normalized spacial score (nSPS) is 19.2. The lowest BCUT2D eigenvalue weighted by atomic mass is 9.99. The van der Waals surface area contributed by atoms with E-state index in [2.05, 4.69) is 5.32 Å². The molecule has 0 aromatic heterocycles. The highest BCUT2D eigenvalue weighted by molar-refractivity contribution is 7.86. The average Bonchev–Trinajstić information content (AvgIpc) is 2.56. The third-order valence-electron chi connectivity index (χ3n) is 4.04. The fourth-order valence-electron chi connectivity index (χ4n) is 2.73. The Balaban J connectivity index is 1.98. The van der Waals surface area contributed by atoms with Gasteiger partial charge in [0.15, 0.2) is 0 Å². The zero-order valence-electron chi connectivity index (χ0n) is 15.2. The average molecular weight is 369 g/mol. The Labute approximate surface area is 150 Å². The molecule has 0 bridgehead atoms. The van der Waals surface area contributed by atoms with Crippen molar-refractivity contribution in [1.29, 1.82) is 0 Å². The van der Waals surface area contributed by atoms with Crippen LogP contribution in [0, 0.1) is 5.92 Å². The Kier molecular flexibility index (Phi) is 6.42. The fourth-order valence-corrected chi connectivity index (χ4v) is 3.92. The smallest absolute Gasteiger partial charge is 0.281 e. The van der Waals surface area contributed by atoms with Crippen molar-refractivity contribution in [2.24, 2.45) is 5.92 Å². The fraction of sp³-hybridized carbons (Fsp3) is 0.588. The second-order valence-corrected chi connectivity index (χ2v) is 8.81. The maximum absolute atomic E-state index is 12.5. The van der Waals surface area contributed by atoms with Crippen molar-refractivity contribution in [1.82, 2.24) is 8.61 Å². The molecule has 1 atom stereocenters. The first-order valence-corrected chi connectivity index (χ1v) is 9.85. The van der Waals surface area contributed by atoms with Crippen LogP contribution in [0.15, 0.2) is 24.3 Å². The van der Waals surface area contributed by atoms with Gasteiger partial charge < -0.3 is 10.1 Å². The van der Waals surface area contributed by atoms with Crippen LogP contribution in [-0.4, -0.2) is 56.2 Å². The van der Waals surface area contributed by atoms with Crippen molar-refractivity contribution in [3.05, 3.63) is 24.3 Å². The molecular formula is C17H27N3O4S. The molecule has 2 rings (SSSR count). The molecule has 0 unspecified atom stereocenters. The number of nitrogens with one attached hydrogen (secondary N) is 1. The molecule has 8 heteroatoms. The van der Waals surface area contributed by atoms with Gasteiger partial charge in [-0.25, -0.2) is 0 Å². The minimum atomic E-state index is -3.49. The molecule has 1 aromatic carbocycles. The van der Waals surface area contributed by atoms with E-state index in [1.807, 2.05) is 13.8 Å². The van der Waals surface area contributed by atoms with Crippen LogP contribution in [0.5, 0.6) is 5.75 Å². The van der Waals surface area contributed by atoms with Gasteiger partial charge in [0.25, 0.3) is 10.2 Å². The second-order valence-electron chi connectivity index (χ2n) is 6.67. The largest absolute Gasteiger partial charge is 0.491 e. The summed E-state index contributed by atoms with van der Waals surface area (Å²) in [6, 6.07) is 7.18. The molecule has 1 heterocycles. The molecule has 0 aliphatic carbocycles. The number of benzene rings is 1. The van der Waals surface area contributed by atoms with Crippen molar-refractivity contribution in [3.63, 3.8) is 0 Å². The summed E-state index contributed by atoms with van der Waals surface area (Å²) in [6.45, 7) is 4.56. The summed E-state index contributed by atoms with van der Waals surface area (Å²) in [4.78, 5) is 12.5. The van der Waals surface area contributed by atoms with Crippen molar-refractivity contribution in [3.8, 4) is 5.75 Å². The standard InChI is InChI=1S/C17H27N3O4S/c1-13(2)24-16-9-7-15(8-10-16)18-17(21)14-6-5-11-20(12-14)25(22,23)19(3)4/h7-10,13-14H,5-6,11-12H2,1-4H3,(H,18,21)/t14-/m1/s1. The first-order valence-electron chi connectivity index (χ1n) is 8.45. The van der Waals surface area contributed by atoms with E-state index >= 15 is 0 Å². The summed E-state index contributed by atoms with van der Waals surface area (Å²) in [5.74, 6) is 0.236. The van der Waals surface area contributed by atoms with E-state index in [-0.39, 0.29) is 24.5 Å². The summed E-state index contributed by atoms with van der Waals surface area (Å²) in [5.41, 5.74) is 0.675. The van der Waals surface area contributed by atoms with Gasteiger partial charge in [0, 0.05) is 32.9 Å². The highest BCUT2D eigenvalue weighted by atomic mass is 32.2. The lowest BCUT2D eigenvalue weighted by Gasteiger charge is -2.32. The number of hydrogen-bond acceptors (Lipinski definition) is 4. The molecule has 1 amide bonds. The molecule has 0 saturated carbocycles. The van der Waals surface area contributed by atoms with Crippen molar-refractivity contribution >= 4 is 21.8 Å². The van der Waals surface area contributed by atoms with E-state index in [1.165, 1.54) is 22.7 Å². The highest BCUT2D eigenvalue weighted by Gasteiger charge is 2.33. The first kappa shape index (κ1) is 19.7. The van der Waals surface area contributed by atoms with Crippen LogP contribution in [-0.2, 0) is 15.0 Å². The van der Waals surface area contributed by atoms with E-state index in [0.29, 0.717) is 25.1 Å². The minimum absolute atomic E-state index is 0.0901. The van der Waals surface area contributed by atoms with Crippen molar-refractivity contribution in [2.45, 2.75) is 32.8 Å². The van der Waals surface area contributed by atoms with Crippen LogP contribution in [0.25, 0.3) is 0 Å². The number of carbonyl (C=O) groups is 1. The van der Waals surface area contributed by atoms with Gasteiger partial charge in [0.05, 0.1) is 12.0 Å². The SMILES string of the molecule is CC(C)Oc1ccc(NC(=O)[C@@H]2CCCN(S(=O)(=O)N(C)C)C2)cc1. The number of nitrogens with zero attached hydrogens (tertiary/aromatic N) is 2. The summed E-state index contributed by atoms with van der Waals surface area (Å²) in [6.07, 6.45) is 1.44. The predicted octanol–water partition coefficient (Wildman–Crippen LogP) is 1.93. The Morgan fingerprint density at radius 2 is 1.92 bits per heavy atom. The topological polar surface area (TPSA) is 79.0 Å². The molecule has 1 fully saturated rings. The minimum Gasteiger partial charge on any atom is -0.491 e. The maximum Gasteiger partial charge on any atom is 0.281 e. The van der Waals surface area contributed by atoms with Gasteiger partial charge in [-0.1, -0.05) is 0 Å². The molecule has 7 nitrogen and oxygen atoms in total. The van der Waals surface area contributed by atoms with Crippen molar-refractivity contribution < 1.29 is 17.9 Å². The summed E-state index contributed by atoms with van der Waals surface area (Å²) < 4.78 is 32.6. The molecule has 1 aromatic rings. The Morgan fingerprint density at radius 1 is 1.28 bits per heavy atom. The van der Waals surface area contributed by atoms with E-state index < -0.39 is 10.2 Å². The zero-order valence-corrected chi connectivity index (χ0v) is 16.0. The number of ether oxygens (including phenoxy) is 1. The van der Waals surface area contributed by atoms with E-state index in [1.54, 1.807) is 24.3 Å². The molecular weight excluding hydrogens is 342 g/mol. The number of carbonyl (C=O) groups excluding carboxylic acids is 1. The van der Waals surface area contributed by atoms with E-state index in [9.17, 15) is 13.2 Å². The third-order valence-corrected chi connectivity index (χ3v) is 5.94. The monoisotopic (exact) mass is 369 g/mol. The van der Waals surface area contributed by atoms with Gasteiger partial charge in [-0.05, 0) is 51.0 Å². The van der Waals surface area contributed by atoms with Gasteiger partial charge in [-0.3, -0.25) is 4.79 Å². The van der Waals surface area contributed by atoms with Crippen molar-refractivity contribution in [2.75, 3.05) is 32.5 Å². The first-order chi connectivity index (χ1) is 11.7. The molecule has 1 saturated heterocycles.